The number of rotatable bonds is 7. The Balaban J connectivity index is 3.75. The molecule has 0 bridgehead atoms. The van der Waals surface area contributed by atoms with Crippen molar-refractivity contribution in [3.8, 4) is 0 Å². The number of hydrogen-bond donors (Lipinski definition) is 2. The van der Waals surface area contributed by atoms with Gasteiger partial charge in [0, 0.05) is 24.4 Å². The summed E-state index contributed by atoms with van der Waals surface area (Å²) in [7, 11) is 1.70. The zero-order chi connectivity index (χ0) is 10.3. The predicted molar refractivity (Wildman–Crippen MR) is 58.3 cm³/mol. The molecular formula is C9H21NO2S. The summed E-state index contributed by atoms with van der Waals surface area (Å²) in [5.41, 5.74) is 0. The minimum absolute atomic E-state index is 0.217. The highest BCUT2D eigenvalue weighted by Gasteiger charge is 2.16. The summed E-state index contributed by atoms with van der Waals surface area (Å²) in [6.07, 6.45) is 2.01. The van der Waals surface area contributed by atoms with Gasteiger partial charge >= 0.3 is 0 Å². The minimum Gasteiger partial charge on any atom is -0.395 e. The van der Waals surface area contributed by atoms with Crippen LogP contribution in [0, 0.1) is 0 Å². The third-order valence-electron chi connectivity index (χ3n) is 2.00. The SMILES string of the molecule is COCC(C)NC(C)C(CO)SC. The third kappa shape index (κ3) is 5.52. The van der Waals surface area contributed by atoms with E-state index in [1.807, 2.05) is 6.26 Å². The maximum Gasteiger partial charge on any atom is 0.0613 e. The van der Waals surface area contributed by atoms with E-state index in [-0.39, 0.29) is 11.9 Å². The van der Waals surface area contributed by atoms with Gasteiger partial charge in [-0.25, -0.2) is 0 Å². The molecule has 0 heterocycles. The van der Waals surface area contributed by atoms with Crippen LogP contribution in [-0.4, -0.2) is 49.0 Å². The summed E-state index contributed by atoms with van der Waals surface area (Å²) in [5, 5.41) is 12.7. The highest BCUT2D eigenvalue weighted by atomic mass is 32.2. The average Bonchev–Trinajstić information content (AvgIpc) is 2.06. The van der Waals surface area contributed by atoms with Gasteiger partial charge in [-0.15, -0.1) is 0 Å². The van der Waals surface area contributed by atoms with Crippen molar-refractivity contribution in [1.29, 1.82) is 0 Å². The van der Waals surface area contributed by atoms with E-state index in [9.17, 15) is 0 Å². The van der Waals surface area contributed by atoms with Crippen molar-refractivity contribution in [2.24, 2.45) is 0 Å². The van der Waals surface area contributed by atoms with Gasteiger partial charge in [-0.2, -0.15) is 11.8 Å². The van der Waals surface area contributed by atoms with E-state index in [0.717, 1.165) is 0 Å². The van der Waals surface area contributed by atoms with E-state index in [2.05, 4.69) is 19.2 Å². The molecule has 0 rings (SSSR count). The number of aliphatic hydroxyl groups is 1. The maximum absolute atomic E-state index is 9.05. The first-order valence-electron chi connectivity index (χ1n) is 4.54. The lowest BCUT2D eigenvalue weighted by molar-refractivity contribution is 0.164. The van der Waals surface area contributed by atoms with Gasteiger partial charge in [-0.1, -0.05) is 0 Å². The fraction of sp³-hybridized carbons (Fsp3) is 1.00. The van der Waals surface area contributed by atoms with Gasteiger partial charge in [0.15, 0.2) is 0 Å². The second kappa shape index (κ2) is 7.62. The third-order valence-corrected chi connectivity index (χ3v) is 3.17. The zero-order valence-corrected chi connectivity index (χ0v) is 9.73. The van der Waals surface area contributed by atoms with Crippen molar-refractivity contribution in [3.63, 3.8) is 0 Å². The monoisotopic (exact) mass is 207 g/mol. The first kappa shape index (κ1) is 13.2. The van der Waals surface area contributed by atoms with Crippen LogP contribution in [-0.2, 0) is 4.74 Å². The second-order valence-electron chi connectivity index (χ2n) is 3.27. The van der Waals surface area contributed by atoms with Gasteiger partial charge in [0.25, 0.3) is 0 Å². The molecule has 0 aliphatic heterocycles. The van der Waals surface area contributed by atoms with Crippen LogP contribution in [0.1, 0.15) is 13.8 Å². The largest absolute Gasteiger partial charge is 0.395 e. The van der Waals surface area contributed by atoms with Crippen molar-refractivity contribution >= 4 is 11.8 Å². The van der Waals surface area contributed by atoms with Gasteiger partial charge in [-0.05, 0) is 20.1 Å². The lowest BCUT2D eigenvalue weighted by Crippen LogP contribution is -2.44. The standard InChI is InChI=1S/C9H21NO2S/c1-7(6-12-3)10-8(2)9(5-11)13-4/h7-11H,5-6H2,1-4H3. The van der Waals surface area contributed by atoms with Crippen LogP contribution in [0.15, 0.2) is 0 Å². The molecule has 2 N–H and O–H groups in total. The van der Waals surface area contributed by atoms with E-state index >= 15 is 0 Å². The summed E-state index contributed by atoms with van der Waals surface area (Å²) in [6, 6.07) is 0.645. The van der Waals surface area contributed by atoms with Gasteiger partial charge in [-0.3, -0.25) is 0 Å². The Kier molecular flexibility index (Phi) is 7.75. The molecule has 0 aliphatic rings. The molecule has 80 valence electrons. The van der Waals surface area contributed by atoms with E-state index in [4.69, 9.17) is 9.84 Å². The normalized spacial score (nSPS) is 18.2. The molecule has 0 saturated heterocycles. The Hall–Kier alpha value is 0.230. The zero-order valence-electron chi connectivity index (χ0n) is 8.91. The van der Waals surface area contributed by atoms with Crippen LogP contribution in [0.4, 0.5) is 0 Å². The summed E-state index contributed by atoms with van der Waals surface area (Å²) < 4.78 is 5.02. The van der Waals surface area contributed by atoms with Crippen LogP contribution in [0.5, 0.6) is 0 Å². The summed E-state index contributed by atoms with van der Waals surface area (Å²) in [5.74, 6) is 0. The smallest absolute Gasteiger partial charge is 0.0613 e. The fourth-order valence-corrected chi connectivity index (χ4v) is 1.93. The van der Waals surface area contributed by atoms with Crippen molar-refractivity contribution in [3.05, 3.63) is 0 Å². The lowest BCUT2D eigenvalue weighted by Gasteiger charge is -2.24. The van der Waals surface area contributed by atoms with Crippen LogP contribution in [0.3, 0.4) is 0 Å². The number of methoxy groups -OCH3 is 1. The molecule has 3 unspecified atom stereocenters. The quantitative estimate of drug-likeness (QED) is 0.645. The highest BCUT2D eigenvalue weighted by molar-refractivity contribution is 7.99. The van der Waals surface area contributed by atoms with E-state index in [1.54, 1.807) is 18.9 Å². The summed E-state index contributed by atoms with van der Waals surface area (Å²) >= 11 is 1.68. The molecule has 13 heavy (non-hydrogen) atoms. The predicted octanol–water partition coefficient (Wildman–Crippen LogP) is 0.723. The number of hydrogen-bond acceptors (Lipinski definition) is 4. The van der Waals surface area contributed by atoms with Crippen molar-refractivity contribution in [2.75, 3.05) is 26.6 Å². The van der Waals surface area contributed by atoms with Gasteiger partial charge < -0.3 is 15.2 Å². The van der Waals surface area contributed by atoms with Crippen molar-refractivity contribution in [2.45, 2.75) is 31.2 Å². The highest BCUT2D eigenvalue weighted by Crippen LogP contribution is 2.10. The molecule has 0 spiro atoms. The van der Waals surface area contributed by atoms with E-state index < -0.39 is 0 Å². The second-order valence-corrected chi connectivity index (χ2v) is 4.35. The average molecular weight is 207 g/mol. The minimum atomic E-state index is 0.217. The van der Waals surface area contributed by atoms with Crippen molar-refractivity contribution in [1.82, 2.24) is 5.32 Å². The molecule has 0 fully saturated rings. The Labute approximate surface area is 85.2 Å². The fourth-order valence-electron chi connectivity index (χ4n) is 1.29. The Morgan fingerprint density at radius 2 is 2.08 bits per heavy atom. The molecule has 0 radical (unpaired) electrons. The van der Waals surface area contributed by atoms with E-state index in [0.29, 0.717) is 18.7 Å². The summed E-state index contributed by atoms with van der Waals surface area (Å²) in [4.78, 5) is 0. The van der Waals surface area contributed by atoms with Crippen LogP contribution >= 0.6 is 11.8 Å². The number of aliphatic hydroxyl groups excluding tert-OH is 1. The van der Waals surface area contributed by atoms with Crippen molar-refractivity contribution < 1.29 is 9.84 Å². The molecule has 0 aromatic heterocycles. The molecule has 0 aliphatic carbocycles. The lowest BCUT2D eigenvalue weighted by atomic mass is 10.2. The van der Waals surface area contributed by atoms with E-state index in [1.165, 1.54) is 0 Å². The van der Waals surface area contributed by atoms with Crippen LogP contribution in [0.25, 0.3) is 0 Å². The van der Waals surface area contributed by atoms with Crippen LogP contribution < -0.4 is 5.32 Å². The molecule has 0 aromatic carbocycles. The summed E-state index contributed by atoms with van der Waals surface area (Å²) in [6.45, 7) is 5.09. The maximum atomic E-state index is 9.05. The first-order chi connectivity index (χ1) is 6.15. The topological polar surface area (TPSA) is 41.5 Å². The molecular weight excluding hydrogens is 186 g/mol. The molecule has 0 amide bonds. The van der Waals surface area contributed by atoms with Gasteiger partial charge in [0.2, 0.25) is 0 Å². The molecule has 3 nitrogen and oxygen atoms in total. The Morgan fingerprint density at radius 1 is 1.46 bits per heavy atom. The van der Waals surface area contributed by atoms with Gasteiger partial charge in [0.05, 0.1) is 13.2 Å². The molecule has 0 saturated carbocycles. The first-order valence-corrected chi connectivity index (χ1v) is 5.83. The number of thioether (sulfide) groups is 1. The van der Waals surface area contributed by atoms with Gasteiger partial charge in [0.1, 0.15) is 0 Å². The molecule has 0 aromatic rings. The number of ether oxygens (including phenoxy) is 1. The molecule has 4 heteroatoms. The van der Waals surface area contributed by atoms with Crippen LogP contribution in [0.2, 0.25) is 0 Å². The number of nitrogens with one attached hydrogen (secondary N) is 1. The Bertz CT molecular complexity index is 120. The molecule has 3 atom stereocenters. The Morgan fingerprint density at radius 3 is 2.46 bits per heavy atom.